The highest BCUT2D eigenvalue weighted by atomic mass is 16.5. The van der Waals surface area contributed by atoms with Gasteiger partial charge in [0.25, 0.3) is 11.8 Å². The van der Waals surface area contributed by atoms with E-state index in [1.54, 1.807) is 4.90 Å². The summed E-state index contributed by atoms with van der Waals surface area (Å²) in [6.45, 7) is 4.04. The number of carbonyl (C=O) groups excluding carboxylic acids is 3. The van der Waals surface area contributed by atoms with E-state index in [4.69, 9.17) is 9.47 Å². The summed E-state index contributed by atoms with van der Waals surface area (Å²) in [6, 6.07) is 5.80. The fraction of sp³-hybridized carbons (Fsp3) is 0.591. The summed E-state index contributed by atoms with van der Waals surface area (Å²) in [5.74, 6) is -0.252. The highest BCUT2D eigenvalue weighted by Crippen LogP contribution is 2.32. The molecule has 2 aliphatic rings. The number of amides is 2. The second-order valence-corrected chi connectivity index (χ2v) is 7.81. The Morgan fingerprint density at radius 3 is 2.79 bits per heavy atom. The molecule has 0 aromatic heterocycles. The van der Waals surface area contributed by atoms with Crippen LogP contribution < -0.4 is 15.0 Å². The van der Waals surface area contributed by atoms with E-state index in [-0.39, 0.29) is 37.4 Å². The number of carbonyl (C=O) groups is 3. The number of nitrogens with zero attached hydrogens (tertiary/aromatic N) is 1. The average molecular weight is 402 g/mol. The molecule has 1 aliphatic heterocycles. The zero-order valence-corrected chi connectivity index (χ0v) is 17.2. The fourth-order valence-corrected chi connectivity index (χ4v) is 3.85. The minimum atomic E-state index is -0.775. The number of aryl methyl sites for hydroxylation is 1. The van der Waals surface area contributed by atoms with Crippen molar-refractivity contribution < 1.29 is 23.9 Å². The normalized spacial score (nSPS) is 17.4. The van der Waals surface area contributed by atoms with Crippen LogP contribution in [0.1, 0.15) is 57.4 Å². The predicted molar refractivity (Wildman–Crippen MR) is 109 cm³/mol. The molecule has 2 amide bonds. The van der Waals surface area contributed by atoms with Crippen molar-refractivity contribution in [1.29, 1.82) is 0 Å². The van der Waals surface area contributed by atoms with E-state index in [9.17, 15) is 14.4 Å². The van der Waals surface area contributed by atoms with Crippen LogP contribution in [0.15, 0.2) is 18.2 Å². The van der Waals surface area contributed by atoms with Crippen LogP contribution in [0.4, 0.5) is 5.69 Å². The van der Waals surface area contributed by atoms with Gasteiger partial charge in [-0.2, -0.15) is 0 Å². The molecule has 1 aliphatic carbocycles. The van der Waals surface area contributed by atoms with Gasteiger partial charge in [0.15, 0.2) is 12.7 Å². The summed E-state index contributed by atoms with van der Waals surface area (Å²) in [5.41, 5.74) is 1.67. The van der Waals surface area contributed by atoms with E-state index in [1.165, 1.54) is 0 Å². The molecule has 1 saturated carbocycles. The van der Waals surface area contributed by atoms with Gasteiger partial charge in [-0.25, -0.2) is 0 Å². The van der Waals surface area contributed by atoms with Crippen molar-refractivity contribution in [3.8, 4) is 5.75 Å². The lowest BCUT2D eigenvalue weighted by atomic mass is 10.1. The van der Waals surface area contributed by atoms with Gasteiger partial charge in [0.2, 0.25) is 0 Å². The highest BCUT2D eigenvalue weighted by molar-refractivity contribution is 5.98. The fourth-order valence-electron chi connectivity index (χ4n) is 3.85. The quantitative estimate of drug-likeness (QED) is 0.676. The Bertz CT molecular complexity index is 758. The molecule has 0 bridgehead atoms. The molecule has 1 fully saturated rings. The van der Waals surface area contributed by atoms with E-state index < -0.39 is 12.1 Å². The van der Waals surface area contributed by atoms with Crippen molar-refractivity contribution >= 4 is 23.5 Å². The minimum absolute atomic E-state index is 0.0239. The second-order valence-electron chi connectivity index (χ2n) is 7.81. The molecule has 1 heterocycles. The maximum atomic E-state index is 12.5. The molecule has 7 heteroatoms. The minimum Gasteiger partial charge on any atom is -0.482 e. The van der Waals surface area contributed by atoms with Gasteiger partial charge in [0, 0.05) is 12.6 Å². The second kappa shape index (κ2) is 9.76. The average Bonchev–Trinajstić information content (AvgIpc) is 3.20. The van der Waals surface area contributed by atoms with Crippen molar-refractivity contribution in [3.63, 3.8) is 0 Å². The van der Waals surface area contributed by atoms with Crippen LogP contribution in [-0.4, -0.2) is 43.1 Å². The first kappa shape index (κ1) is 21.1. The monoisotopic (exact) mass is 402 g/mol. The first-order valence-electron chi connectivity index (χ1n) is 10.5. The third-order valence-electron chi connectivity index (χ3n) is 5.42. The Kier molecular flexibility index (Phi) is 7.12. The van der Waals surface area contributed by atoms with Crippen LogP contribution in [0, 0.1) is 6.92 Å². The van der Waals surface area contributed by atoms with E-state index in [2.05, 4.69) is 5.32 Å². The molecule has 1 atom stereocenters. The van der Waals surface area contributed by atoms with Crippen LogP contribution in [0.25, 0.3) is 0 Å². The van der Waals surface area contributed by atoms with Gasteiger partial charge in [-0.3, -0.25) is 14.4 Å². The van der Waals surface area contributed by atoms with Crippen molar-refractivity contribution in [2.45, 2.75) is 70.9 Å². The number of rotatable bonds is 8. The van der Waals surface area contributed by atoms with Gasteiger partial charge >= 0.3 is 5.97 Å². The highest BCUT2D eigenvalue weighted by Gasteiger charge is 2.28. The molecule has 158 valence electrons. The molecule has 29 heavy (non-hydrogen) atoms. The smallest absolute Gasteiger partial charge is 0.308 e. The first-order chi connectivity index (χ1) is 14.0. The SMILES string of the molecule is CCCC(OC(=O)CCN1C(=O)COc2ccc(C)cc21)C(=O)NC1CCCC1. The Balaban J connectivity index is 1.57. The molecule has 3 rings (SSSR count). The van der Waals surface area contributed by atoms with Crippen LogP contribution in [0.2, 0.25) is 0 Å². The zero-order chi connectivity index (χ0) is 20.8. The molecule has 0 saturated heterocycles. The molecular formula is C22H30N2O5. The van der Waals surface area contributed by atoms with Crippen molar-refractivity contribution in [2.24, 2.45) is 0 Å². The number of ether oxygens (including phenoxy) is 2. The van der Waals surface area contributed by atoms with Crippen molar-refractivity contribution in [2.75, 3.05) is 18.1 Å². The standard InChI is InChI=1S/C22H30N2O5/c1-3-6-19(22(27)23-16-7-4-5-8-16)29-21(26)11-12-24-17-13-15(2)9-10-18(17)28-14-20(24)25/h9-10,13,16,19H,3-8,11-12,14H2,1-2H3,(H,23,27). The van der Waals surface area contributed by atoms with Gasteiger partial charge in [-0.1, -0.05) is 32.3 Å². The lowest BCUT2D eigenvalue weighted by molar-refractivity contribution is -0.156. The summed E-state index contributed by atoms with van der Waals surface area (Å²) >= 11 is 0. The van der Waals surface area contributed by atoms with Crippen LogP contribution in [0.5, 0.6) is 5.75 Å². The summed E-state index contributed by atoms with van der Waals surface area (Å²) in [5, 5.41) is 3.00. The first-order valence-corrected chi connectivity index (χ1v) is 10.5. The molecule has 0 spiro atoms. The molecule has 1 N–H and O–H groups in total. The summed E-state index contributed by atoms with van der Waals surface area (Å²) in [6.07, 6.45) is 4.69. The Morgan fingerprint density at radius 2 is 2.07 bits per heavy atom. The number of nitrogens with one attached hydrogen (secondary N) is 1. The topological polar surface area (TPSA) is 84.9 Å². The molecule has 7 nitrogen and oxygen atoms in total. The third-order valence-corrected chi connectivity index (χ3v) is 5.42. The number of anilines is 1. The largest absolute Gasteiger partial charge is 0.482 e. The number of hydrogen-bond acceptors (Lipinski definition) is 5. The van der Waals surface area contributed by atoms with E-state index in [1.807, 2.05) is 32.0 Å². The van der Waals surface area contributed by atoms with Crippen LogP contribution in [-0.2, 0) is 19.1 Å². The van der Waals surface area contributed by atoms with E-state index in [0.717, 1.165) is 37.7 Å². The zero-order valence-electron chi connectivity index (χ0n) is 17.2. The van der Waals surface area contributed by atoms with Crippen molar-refractivity contribution in [3.05, 3.63) is 23.8 Å². The van der Waals surface area contributed by atoms with Gasteiger partial charge < -0.3 is 19.7 Å². The summed E-state index contributed by atoms with van der Waals surface area (Å²) in [7, 11) is 0. The maximum Gasteiger partial charge on any atom is 0.308 e. The number of benzene rings is 1. The van der Waals surface area contributed by atoms with Crippen molar-refractivity contribution in [1.82, 2.24) is 5.32 Å². The molecule has 1 aromatic carbocycles. The summed E-state index contributed by atoms with van der Waals surface area (Å²) < 4.78 is 10.9. The molecule has 1 aromatic rings. The Morgan fingerprint density at radius 1 is 1.31 bits per heavy atom. The summed E-state index contributed by atoms with van der Waals surface area (Å²) in [4.78, 5) is 38.8. The lowest BCUT2D eigenvalue weighted by Crippen LogP contribution is -2.43. The number of esters is 1. The van der Waals surface area contributed by atoms with Gasteiger partial charge in [0.05, 0.1) is 12.1 Å². The molecule has 1 unspecified atom stereocenters. The number of hydrogen-bond donors (Lipinski definition) is 1. The predicted octanol–water partition coefficient (Wildman–Crippen LogP) is 2.88. The van der Waals surface area contributed by atoms with Gasteiger partial charge in [-0.05, 0) is 43.9 Å². The lowest BCUT2D eigenvalue weighted by Gasteiger charge is -2.29. The van der Waals surface area contributed by atoms with Gasteiger partial charge in [0.1, 0.15) is 5.75 Å². The van der Waals surface area contributed by atoms with Crippen LogP contribution >= 0.6 is 0 Å². The van der Waals surface area contributed by atoms with E-state index in [0.29, 0.717) is 17.9 Å². The Labute approximate surface area is 171 Å². The molecular weight excluding hydrogens is 372 g/mol. The number of fused-ring (bicyclic) bond motifs is 1. The Hall–Kier alpha value is -2.57. The molecule has 0 radical (unpaired) electrons. The third kappa shape index (κ3) is 5.49. The van der Waals surface area contributed by atoms with E-state index >= 15 is 0 Å². The van der Waals surface area contributed by atoms with Gasteiger partial charge in [-0.15, -0.1) is 0 Å². The van der Waals surface area contributed by atoms with Crippen LogP contribution in [0.3, 0.4) is 0 Å². The maximum absolute atomic E-state index is 12.5.